The molecule has 8 heteroatoms. The van der Waals surface area contributed by atoms with Crippen molar-refractivity contribution >= 4 is 31.5 Å². The third-order valence-corrected chi connectivity index (χ3v) is 5.05. The Morgan fingerprint density at radius 3 is 2.12 bits per heavy atom. The number of carbonyl (C=O) groups excluding carboxylic acids is 2. The summed E-state index contributed by atoms with van der Waals surface area (Å²) in [5.74, 6) is -0.737. The van der Waals surface area contributed by atoms with Crippen molar-refractivity contribution in [3.05, 3.63) is 59.2 Å². The quantitative estimate of drug-likeness (QED) is 0.614. The number of rotatable bonds is 4. The van der Waals surface area contributed by atoms with Crippen molar-refractivity contribution in [2.75, 3.05) is 7.11 Å². The smallest absolute Gasteiger partial charge is 0.264 e. The van der Waals surface area contributed by atoms with E-state index in [2.05, 4.69) is 0 Å². The summed E-state index contributed by atoms with van der Waals surface area (Å²) in [4.78, 5) is 25.6. The van der Waals surface area contributed by atoms with Gasteiger partial charge < -0.3 is 4.74 Å². The number of hydrogen-bond acceptors (Lipinski definition) is 5. The highest BCUT2D eigenvalue weighted by Gasteiger charge is 2.35. The summed E-state index contributed by atoms with van der Waals surface area (Å²) in [5.41, 5.74) is 1.12. The molecule has 2 amide bonds. The lowest BCUT2D eigenvalue weighted by Crippen LogP contribution is -2.29. The molecule has 0 bridgehead atoms. The van der Waals surface area contributed by atoms with E-state index in [1.54, 1.807) is 30.3 Å². The molecule has 0 unspecified atom stereocenters. The first-order valence-corrected chi connectivity index (χ1v) is 9.20. The monoisotopic (exact) mass is 365 g/mol. The Balaban J connectivity index is 1.96. The van der Waals surface area contributed by atoms with E-state index in [1.807, 2.05) is 0 Å². The van der Waals surface area contributed by atoms with Gasteiger partial charge in [0.05, 0.1) is 24.8 Å². The lowest BCUT2D eigenvalue weighted by Gasteiger charge is -2.15. The number of hydrogen-bond donors (Lipinski definition) is 0. The Morgan fingerprint density at radius 2 is 1.62 bits per heavy atom. The van der Waals surface area contributed by atoms with Gasteiger partial charge in [0.2, 0.25) is 0 Å². The summed E-state index contributed by atoms with van der Waals surface area (Å²) in [6, 6.07) is 10.8. The van der Waals surface area contributed by atoms with Gasteiger partial charge in [-0.2, -0.15) is 0 Å². The molecule has 0 saturated carbocycles. The molecule has 1 heterocycles. The normalized spacial score (nSPS) is 14.0. The standard InChI is InChI=1S/C16H12ClNO5S/c1-23-13-7-6-10(8-14(13)24(17,21)22)9-18-15(19)11-4-2-3-5-12(11)16(18)20/h2-8H,9H2,1H3. The fourth-order valence-corrected chi connectivity index (χ4v) is 3.62. The van der Waals surface area contributed by atoms with E-state index in [-0.39, 0.29) is 17.2 Å². The van der Waals surface area contributed by atoms with Gasteiger partial charge in [0.15, 0.2) is 0 Å². The zero-order chi connectivity index (χ0) is 17.5. The van der Waals surface area contributed by atoms with Crippen LogP contribution in [0.3, 0.4) is 0 Å². The fourth-order valence-electron chi connectivity index (χ4n) is 2.58. The molecule has 0 aromatic heterocycles. The van der Waals surface area contributed by atoms with Gasteiger partial charge in [-0.25, -0.2) is 8.42 Å². The molecule has 3 rings (SSSR count). The maximum absolute atomic E-state index is 12.4. The highest BCUT2D eigenvalue weighted by molar-refractivity contribution is 8.13. The molecule has 0 N–H and O–H groups in total. The lowest BCUT2D eigenvalue weighted by molar-refractivity contribution is 0.0642. The molecule has 0 aliphatic carbocycles. The van der Waals surface area contributed by atoms with Crippen LogP contribution in [0.2, 0.25) is 0 Å². The number of benzene rings is 2. The maximum atomic E-state index is 12.4. The molecule has 1 aliphatic heterocycles. The van der Waals surface area contributed by atoms with Gasteiger partial charge in [-0.15, -0.1) is 0 Å². The van der Waals surface area contributed by atoms with Crippen LogP contribution >= 0.6 is 10.7 Å². The Labute approximate surface area is 143 Å². The minimum absolute atomic E-state index is 0.0598. The Kier molecular flexibility index (Phi) is 4.06. The molecule has 0 spiro atoms. The molecule has 2 aromatic carbocycles. The molecule has 124 valence electrons. The van der Waals surface area contributed by atoms with Crippen molar-refractivity contribution < 1.29 is 22.7 Å². The number of imide groups is 1. The second-order valence-corrected chi connectivity index (χ2v) is 7.70. The van der Waals surface area contributed by atoms with Crippen LogP contribution in [0.5, 0.6) is 5.75 Å². The van der Waals surface area contributed by atoms with E-state index in [4.69, 9.17) is 15.4 Å². The van der Waals surface area contributed by atoms with Crippen molar-refractivity contribution in [1.29, 1.82) is 0 Å². The van der Waals surface area contributed by atoms with E-state index in [9.17, 15) is 18.0 Å². The largest absolute Gasteiger partial charge is 0.495 e. The molecule has 6 nitrogen and oxygen atoms in total. The van der Waals surface area contributed by atoms with Crippen LogP contribution in [-0.4, -0.2) is 32.2 Å². The molecule has 24 heavy (non-hydrogen) atoms. The molecule has 1 aliphatic rings. The van der Waals surface area contributed by atoms with Crippen LogP contribution in [0.15, 0.2) is 47.4 Å². The van der Waals surface area contributed by atoms with Gasteiger partial charge >= 0.3 is 0 Å². The van der Waals surface area contributed by atoms with E-state index < -0.39 is 20.9 Å². The molecular formula is C16H12ClNO5S. The molecule has 0 atom stereocenters. The van der Waals surface area contributed by atoms with Gasteiger partial charge in [-0.05, 0) is 29.8 Å². The van der Waals surface area contributed by atoms with Crippen LogP contribution in [0.25, 0.3) is 0 Å². The molecular weight excluding hydrogens is 354 g/mol. The van der Waals surface area contributed by atoms with E-state index in [0.29, 0.717) is 16.7 Å². The zero-order valence-corrected chi connectivity index (χ0v) is 14.1. The van der Waals surface area contributed by atoms with Gasteiger partial charge in [-0.3, -0.25) is 14.5 Å². The summed E-state index contributed by atoms with van der Waals surface area (Å²) in [5, 5.41) is 0. The number of carbonyl (C=O) groups is 2. The third-order valence-electron chi connectivity index (χ3n) is 3.71. The maximum Gasteiger partial charge on any atom is 0.264 e. The number of ether oxygens (including phenoxy) is 1. The van der Waals surface area contributed by atoms with Crippen LogP contribution in [-0.2, 0) is 15.6 Å². The topological polar surface area (TPSA) is 80.8 Å². The molecule has 2 aromatic rings. The highest BCUT2D eigenvalue weighted by atomic mass is 35.7. The average Bonchev–Trinajstić information content (AvgIpc) is 2.79. The first kappa shape index (κ1) is 16.5. The van der Waals surface area contributed by atoms with Crippen molar-refractivity contribution in [2.24, 2.45) is 0 Å². The average molecular weight is 366 g/mol. The van der Waals surface area contributed by atoms with Gasteiger partial charge in [-0.1, -0.05) is 18.2 Å². The van der Waals surface area contributed by atoms with Crippen molar-refractivity contribution in [3.63, 3.8) is 0 Å². The van der Waals surface area contributed by atoms with Crippen molar-refractivity contribution in [2.45, 2.75) is 11.4 Å². The predicted octanol–water partition coefficient (Wildman–Crippen LogP) is 2.42. The molecule has 0 radical (unpaired) electrons. The molecule has 0 saturated heterocycles. The predicted molar refractivity (Wildman–Crippen MR) is 86.7 cm³/mol. The zero-order valence-electron chi connectivity index (χ0n) is 12.5. The number of amides is 2. The van der Waals surface area contributed by atoms with Gasteiger partial charge in [0.1, 0.15) is 10.6 Å². The number of halogens is 1. The minimum Gasteiger partial charge on any atom is -0.495 e. The highest BCUT2D eigenvalue weighted by Crippen LogP contribution is 2.30. The SMILES string of the molecule is COc1ccc(CN2C(=O)c3ccccc3C2=O)cc1S(=O)(=O)Cl. The van der Waals surface area contributed by atoms with Crippen molar-refractivity contribution in [1.82, 2.24) is 4.90 Å². The van der Waals surface area contributed by atoms with E-state index in [1.165, 1.54) is 19.2 Å². The van der Waals surface area contributed by atoms with Crippen LogP contribution < -0.4 is 4.74 Å². The van der Waals surface area contributed by atoms with Crippen LogP contribution in [0.1, 0.15) is 26.3 Å². The first-order valence-electron chi connectivity index (χ1n) is 6.89. The Morgan fingerprint density at radius 1 is 1.04 bits per heavy atom. The summed E-state index contributed by atoms with van der Waals surface area (Å²) in [6.45, 7) is -0.0598. The minimum atomic E-state index is -4.02. The van der Waals surface area contributed by atoms with Crippen LogP contribution in [0.4, 0.5) is 0 Å². The Hall–Kier alpha value is -2.38. The Bertz CT molecular complexity index is 920. The summed E-state index contributed by atoms with van der Waals surface area (Å²) in [7, 11) is 2.71. The van der Waals surface area contributed by atoms with E-state index in [0.717, 1.165) is 4.90 Å². The third kappa shape index (κ3) is 2.76. The summed E-state index contributed by atoms with van der Waals surface area (Å²) < 4.78 is 28.3. The van der Waals surface area contributed by atoms with E-state index >= 15 is 0 Å². The van der Waals surface area contributed by atoms with Crippen molar-refractivity contribution in [3.8, 4) is 5.75 Å². The summed E-state index contributed by atoms with van der Waals surface area (Å²) in [6.07, 6.45) is 0. The number of fused-ring (bicyclic) bond motifs is 1. The van der Waals surface area contributed by atoms with Gasteiger partial charge in [0.25, 0.3) is 20.9 Å². The second kappa shape index (κ2) is 5.92. The summed E-state index contributed by atoms with van der Waals surface area (Å²) >= 11 is 0. The molecule has 0 fully saturated rings. The van der Waals surface area contributed by atoms with Gasteiger partial charge in [0, 0.05) is 10.7 Å². The fraction of sp³-hybridized carbons (Fsp3) is 0.125. The second-order valence-electron chi connectivity index (χ2n) is 5.17. The van der Waals surface area contributed by atoms with Crippen LogP contribution in [0, 0.1) is 0 Å². The first-order chi connectivity index (χ1) is 11.3. The number of nitrogens with zero attached hydrogens (tertiary/aromatic N) is 1. The number of methoxy groups -OCH3 is 1. The lowest BCUT2D eigenvalue weighted by atomic mass is 10.1.